The molecule has 184 valence electrons. The average Bonchev–Trinajstić information content (AvgIpc) is 3.17. The van der Waals surface area contributed by atoms with Crippen LogP contribution in [0.4, 0.5) is 10.5 Å². The third kappa shape index (κ3) is 5.76. The molecule has 8 heteroatoms. The van der Waals surface area contributed by atoms with Gasteiger partial charge < -0.3 is 10.1 Å². The number of nitrogens with zero attached hydrogens (tertiary/aromatic N) is 1. The van der Waals surface area contributed by atoms with E-state index in [1.165, 1.54) is 0 Å². The molecule has 1 aliphatic rings. The molecule has 4 aromatic rings. The summed E-state index contributed by atoms with van der Waals surface area (Å²) in [5.74, 6) is -0.367. The molecule has 37 heavy (non-hydrogen) atoms. The van der Waals surface area contributed by atoms with Crippen molar-refractivity contribution in [1.82, 2.24) is 4.90 Å². The van der Waals surface area contributed by atoms with Gasteiger partial charge >= 0.3 is 0 Å². The van der Waals surface area contributed by atoms with Crippen molar-refractivity contribution in [2.24, 2.45) is 0 Å². The number of carbonyl (C=O) groups excluding carboxylic acids is 3. The number of imide groups is 1. The van der Waals surface area contributed by atoms with Gasteiger partial charge in [-0.2, -0.15) is 0 Å². The third-order valence-corrected chi connectivity index (χ3v) is 7.18. The van der Waals surface area contributed by atoms with Crippen LogP contribution in [0.15, 0.2) is 100 Å². The lowest BCUT2D eigenvalue weighted by Crippen LogP contribution is -2.36. The van der Waals surface area contributed by atoms with Gasteiger partial charge in [-0.05, 0) is 64.5 Å². The molecule has 1 fully saturated rings. The number of nitrogens with one attached hydrogen (secondary N) is 1. The number of carbonyl (C=O) groups is 3. The van der Waals surface area contributed by atoms with E-state index in [2.05, 4.69) is 21.2 Å². The van der Waals surface area contributed by atoms with Gasteiger partial charge in [0.1, 0.15) is 18.9 Å². The fraction of sp³-hybridized carbons (Fsp3) is 0.0690. The van der Waals surface area contributed by atoms with Crippen molar-refractivity contribution in [2.45, 2.75) is 6.61 Å². The predicted octanol–water partition coefficient (Wildman–Crippen LogP) is 6.86. The molecule has 0 bridgehead atoms. The smallest absolute Gasteiger partial charge is 0.294 e. The Morgan fingerprint density at radius 2 is 1.65 bits per heavy atom. The highest BCUT2D eigenvalue weighted by molar-refractivity contribution is 9.10. The second-order valence-electron chi connectivity index (χ2n) is 8.30. The van der Waals surface area contributed by atoms with Crippen LogP contribution in [0, 0.1) is 0 Å². The number of thioether (sulfide) groups is 1. The maximum atomic E-state index is 13.2. The van der Waals surface area contributed by atoms with Crippen LogP contribution in [0.2, 0.25) is 0 Å². The summed E-state index contributed by atoms with van der Waals surface area (Å²) in [6, 6.07) is 28.5. The van der Waals surface area contributed by atoms with Crippen LogP contribution in [0.25, 0.3) is 16.8 Å². The van der Waals surface area contributed by atoms with Crippen molar-refractivity contribution in [1.29, 1.82) is 0 Å². The molecule has 0 unspecified atom stereocenters. The molecule has 1 aliphatic heterocycles. The van der Waals surface area contributed by atoms with E-state index in [-0.39, 0.29) is 11.4 Å². The van der Waals surface area contributed by atoms with E-state index in [9.17, 15) is 14.4 Å². The van der Waals surface area contributed by atoms with E-state index in [1.807, 2.05) is 66.7 Å². The average molecular weight is 573 g/mol. The van der Waals surface area contributed by atoms with Gasteiger partial charge in [0.25, 0.3) is 11.1 Å². The molecule has 1 saturated heterocycles. The van der Waals surface area contributed by atoms with Crippen molar-refractivity contribution >= 4 is 67.3 Å². The lowest BCUT2D eigenvalue weighted by atomic mass is 10.0. The van der Waals surface area contributed by atoms with Gasteiger partial charge in [-0.15, -0.1) is 0 Å². The molecule has 0 aromatic heterocycles. The summed E-state index contributed by atoms with van der Waals surface area (Å²) in [5.41, 5.74) is 2.30. The monoisotopic (exact) mass is 572 g/mol. The zero-order valence-corrected chi connectivity index (χ0v) is 21.9. The highest BCUT2D eigenvalue weighted by atomic mass is 79.9. The lowest BCUT2D eigenvalue weighted by Gasteiger charge is -2.13. The Hall–Kier alpha value is -3.88. The molecule has 5 rings (SSSR count). The largest absolute Gasteiger partial charge is 0.488 e. The second kappa shape index (κ2) is 11.0. The Morgan fingerprint density at radius 3 is 2.43 bits per heavy atom. The number of amides is 3. The van der Waals surface area contributed by atoms with Gasteiger partial charge in [-0.1, -0.05) is 76.6 Å². The van der Waals surface area contributed by atoms with Gasteiger partial charge in [-0.3, -0.25) is 19.3 Å². The number of hydrogen-bond acceptors (Lipinski definition) is 5. The molecule has 0 saturated carbocycles. The first kappa shape index (κ1) is 24.8. The maximum absolute atomic E-state index is 13.2. The van der Waals surface area contributed by atoms with Crippen LogP contribution < -0.4 is 10.1 Å². The molecule has 1 N–H and O–H groups in total. The molecular formula is C29H21BrN2O4S. The molecule has 0 radical (unpaired) electrons. The SMILES string of the molecule is O=C(CN1C(=O)S/C(=C/c2c(OCc3ccccc3)ccc3ccccc23)C1=O)Nc1ccc(Br)cc1. The molecule has 4 aromatic carbocycles. The van der Waals surface area contributed by atoms with E-state index < -0.39 is 17.1 Å². The van der Waals surface area contributed by atoms with Gasteiger partial charge in [-0.25, -0.2) is 0 Å². The molecule has 6 nitrogen and oxygen atoms in total. The van der Waals surface area contributed by atoms with Crippen LogP contribution in [0.3, 0.4) is 0 Å². The third-order valence-electron chi connectivity index (χ3n) is 5.75. The van der Waals surface area contributed by atoms with Crippen LogP contribution in [0.5, 0.6) is 5.75 Å². The Bertz CT molecular complexity index is 1520. The summed E-state index contributed by atoms with van der Waals surface area (Å²) in [6.07, 6.45) is 1.68. The van der Waals surface area contributed by atoms with Crippen molar-refractivity contribution in [3.63, 3.8) is 0 Å². The number of ether oxygens (including phenoxy) is 1. The fourth-order valence-corrected chi connectivity index (χ4v) is 5.01. The standard InChI is InChI=1S/C29H21BrN2O4S/c30-21-11-13-22(14-12-21)31-27(33)17-32-28(34)26(37-29(32)35)16-24-23-9-5-4-8-20(23)10-15-25(24)36-18-19-6-2-1-3-7-19/h1-16H,17-18H2,(H,31,33)/b26-16+. The van der Waals surface area contributed by atoms with Gasteiger partial charge in [0, 0.05) is 15.7 Å². The topological polar surface area (TPSA) is 75.7 Å². The summed E-state index contributed by atoms with van der Waals surface area (Å²) >= 11 is 4.16. The van der Waals surface area contributed by atoms with Gasteiger partial charge in [0.2, 0.25) is 5.91 Å². The zero-order chi connectivity index (χ0) is 25.8. The Labute approximate surface area is 226 Å². The zero-order valence-electron chi connectivity index (χ0n) is 19.5. The minimum absolute atomic E-state index is 0.238. The Balaban J connectivity index is 1.39. The number of anilines is 1. The Morgan fingerprint density at radius 1 is 0.919 bits per heavy atom. The molecule has 3 amide bonds. The van der Waals surface area contributed by atoms with E-state index in [4.69, 9.17) is 4.74 Å². The van der Waals surface area contributed by atoms with Crippen LogP contribution in [-0.2, 0) is 16.2 Å². The summed E-state index contributed by atoms with van der Waals surface area (Å²) < 4.78 is 7.02. The minimum atomic E-state index is -0.511. The van der Waals surface area contributed by atoms with Gasteiger partial charge in [0.15, 0.2) is 0 Å². The second-order valence-corrected chi connectivity index (χ2v) is 10.2. The highest BCUT2D eigenvalue weighted by Crippen LogP contribution is 2.37. The van der Waals surface area contributed by atoms with Crippen molar-refractivity contribution in [2.75, 3.05) is 11.9 Å². The molecule has 0 spiro atoms. The first-order chi connectivity index (χ1) is 18.0. The minimum Gasteiger partial charge on any atom is -0.488 e. The van der Waals surface area contributed by atoms with Crippen LogP contribution in [0.1, 0.15) is 11.1 Å². The molecule has 0 atom stereocenters. The number of hydrogen-bond donors (Lipinski definition) is 1. The van der Waals surface area contributed by atoms with Crippen LogP contribution in [-0.4, -0.2) is 28.5 Å². The highest BCUT2D eigenvalue weighted by Gasteiger charge is 2.36. The predicted molar refractivity (Wildman–Crippen MR) is 150 cm³/mol. The van der Waals surface area contributed by atoms with Gasteiger partial charge in [0.05, 0.1) is 4.91 Å². The number of benzene rings is 4. The normalized spacial score (nSPS) is 14.4. The lowest BCUT2D eigenvalue weighted by molar-refractivity contribution is -0.127. The van der Waals surface area contributed by atoms with E-state index in [1.54, 1.807) is 30.3 Å². The number of rotatable bonds is 7. The molecular weight excluding hydrogens is 552 g/mol. The number of fused-ring (bicyclic) bond motifs is 1. The molecule has 0 aliphatic carbocycles. The van der Waals surface area contributed by atoms with Crippen molar-refractivity contribution < 1.29 is 19.1 Å². The van der Waals surface area contributed by atoms with Crippen LogP contribution >= 0.6 is 27.7 Å². The first-order valence-corrected chi connectivity index (χ1v) is 13.1. The van der Waals surface area contributed by atoms with E-state index in [0.29, 0.717) is 23.6 Å². The summed E-state index contributed by atoms with van der Waals surface area (Å²) in [6.45, 7) is -0.0112. The fourth-order valence-electron chi connectivity index (χ4n) is 3.93. The maximum Gasteiger partial charge on any atom is 0.294 e. The quantitative estimate of drug-likeness (QED) is 0.245. The summed E-state index contributed by atoms with van der Waals surface area (Å²) in [7, 11) is 0. The van der Waals surface area contributed by atoms with E-state index >= 15 is 0 Å². The summed E-state index contributed by atoms with van der Waals surface area (Å²) in [4.78, 5) is 39.6. The summed E-state index contributed by atoms with van der Waals surface area (Å²) in [5, 5.41) is 4.10. The van der Waals surface area contributed by atoms with Crippen molar-refractivity contribution in [3.05, 3.63) is 112 Å². The Kier molecular flexibility index (Phi) is 7.39. The number of halogens is 1. The molecule has 1 heterocycles. The van der Waals surface area contributed by atoms with E-state index in [0.717, 1.165) is 37.5 Å². The van der Waals surface area contributed by atoms with Crippen molar-refractivity contribution in [3.8, 4) is 5.75 Å². The first-order valence-electron chi connectivity index (χ1n) is 11.5.